The number of nitrogens with one attached hydrogen (secondary N) is 1. The number of likely N-dealkylation sites (N-methyl/N-ethyl adjacent to an activating group) is 1. The third-order valence-electron chi connectivity index (χ3n) is 3.41. The molecule has 5 nitrogen and oxygen atoms in total. The smallest absolute Gasteiger partial charge is 0.247 e. The molecule has 0 unspecified atom stereocenters. The van der Waals surface area contributed by atoms with E-state index in [-0.39, 0.29) is 29.7 Å². The highest BCUT2D eigenvalue weighted by atomic mass is 32.2. The monoisotopic (exact) mass is 302 g/mol. The van der Waals surface area contributed by atoms with Crippen LogP contribution in [0.1, 0.15) is 6.42 Å². The van der Waals surface area contributed by atoms with Gasteiger partial charge >= 0.3 is 0 Å². The van der Waals surface area contributed by atoms with Gasteiger partial charge in [-0.05, 0) is 25.6 Å². The average Bonchev–Trinajstić information content (AvgIpc) is 2.81. The maximum absolute atomic E-state index is 13.6. The molecule has 0 amide bonds. The summed E-state index contributed by atoms with van der Waals surface area (Å²) < 4.78 is 45.3. The average molecular weight is 302 g/mol. The number of rotatable bonds is 5. The zero-order valence-electron chi connectivity index (χ0n) is 11.5. The van der Waals surface area contributed by atoms with E-state index < -0.39 is 16.2 Å². The van der Waals surface area contributed by atoms with Crippen LogP contribution in [0.2, 0.25) is 0 Å². The van der Waals surface area contributed by atoms with Crippen LogP contribution in [0.25, 0.3) is 0 Å². The second-order valence-electron chi connectivity index (χ2n) is 4.77. The molecule has 0 spiro atoms. The van der Waals surface area contributed by atoms with Gasteiger partial charge in [0.15, 0.2) is 0 Å². The minimum absolute atomic E-state index is 0.0812. The number of halogens is 1. The predicted molar refractivity (Wildman–Crippen MR) is 74.1 cm³/mol. The van der Waals surface area contributed by atoms with E-state index in [4.69, 9.17) is 4.74 Å². The molecule has 7 heteroatoms. The van der Waals surface area contributed by atoms with Gasteiger partial charge < -0.3 is 10.1 Å². The Labute approximate surface area is 118 Å². The van der Waals surface area contributed by atoms with Gasteiger partial charge in [-0.1, -0.05) is 12.1 Å². The van der Waals surface area contributed by atoms with Gasteiger partial charge in [-0.25, -0.2) is 12.8 Å². The Balaban J connectivity index is 2.38. The second-order valence-corrected chi connectivity index (χ2v) is 6.63. The minimum atomic E-state index is -3.76. The first-order chi connectivity index (χ1) is 9.50. The first-order valence-electron chi connectivity index (χ1n) is 6.44. The summed E-state index contributed by atoms with van der Waals surface area (Å²) in [5, 5.41) is 2.91. The number of hydrogen-bond donors (Lipinski definition) is 1. The summed E-state index contributed by atoms with van der Waals surface area (Å²) in [7, 11) is -0.618. The fraction of sp³-hybridized carbons (Fsp3) is 0.538. The summed E-state index contributed by atoms with van der Waals surface area (Å²) in [6, 6.07) is 6.03. The van der Waals surface area contributed by atoms with Crippen molar-refractivity contribution >= 4 is 10.0 Å². The largest absolute Gasteiger partial charge is 0.495 e. The zero-order chi connectivity index (χ0) is 14.8. The molecule has 1 N–H and O–H groups in total. The predicted octanol–water partition coefficient (Wildman–Crippen LogP) is 1.02. The van der Waals surface area contributed by atoms with Crippen molar-refractivity contribution in [3.8, 4) is 5.75 Å². The van der Waals surface area contributed by atoms with Crippen LogP contribution < -0.4 is 10.1 Å². The number of methoxy groups -OCH3 is 1. The highest BCUT2D eigenvalue weighted by Gasteiger charge is 2.41. The number of nitrogens with zero attached hydrogens (tertiary/aromatic N) is 1. The van der Waals surface area contributed by atoms with Crippen molar-refractivity contribution in [3.63, 3.8) is 0 Å². The molecule has 1 heterocycles. The van der Waals surface area contributed by atoms with E-state index >= 15 is 0 Å². The van der Waals surface area contributed by atoms with Gasteiger partial charge in [0.05, 0.1) is 7.11 Å². The number of hydrogen-bond acceptors (Lipinski definition) is 4. The SMILES string of the molecule is CNC[C@@H]1C[C@H](F)CN1S(=O)(=O)c1ccccc1OC. The van der Waals surface area contributed by atoms with Crippen molar-refractivity contribution < 1.29 is 17.5 Å². The third kappa shape index (κ3) is 2.79. The fourth-order valence-corrected chi connectivity index (χ4v) is 4.32. The van der Waals surface area contributed by atoms with Crippen molar-refractivity contribution in [3.05, 3.63) is 24.3 Å². The van der Waals surface area contributed by atoms with E-state index in [1.54, 1.807) is 25.2 Å². The Hall–Kier alpha value is -1.18. The summed E-state index contributed by atoms with van der Waals surface area (Å²) in [4.78, 5) is 0.0812. The van der Waals surface area contributed by atoms with E-state index in [9.17, 15) is 12.8 Å². The molecule has 2 atom stereocenters. The Bertz CT molecular complexity index is 564. The summed E-state index contributed by atoms with van der Waals surface area (Å²) in [6.45, 7) is 0.321. The lowest BCUT2D eigenvalue weighted by Gasteiger charge is -2.24. The fourth-order valence-electron chi connectivity index (χ4n) is 2.51. The molecule has 0 bridgehead atoms. The lowest BCUT2D eigenvalue weighted by molar-refractivity contribution is 0.340. The van der Waals surface area contributed by atoms with Crippen molar-refractivity contribution in [2.24, 2.45) is 0 Å². The lowest BCUT2D eigenvalue weighted by atomic mass is 10.2. The molecule has 1 aliphatic rings. The van der Waals surface area contributed by atoms with Crippen LogP contribution in [0.5, 0.6) is 5.75 Å². The molecule has 20 heavy (non-hydrogen) atoms. The van der Waals surface area contributed by atoms with Crippen LogP contribution in [0, 0.1) is 0 Å². The molecule has 1 saturated heterocycles. The maximum Gasteiger partial charge on any atom is 0.247 e. The number of alkyl halides is 1. The summed E-state index contributed by atoms with van der Waals surface area (Å²) in [5.74, 6) is 0.276. The van der Waals surface area contributed by atoms with E-state index in [1.807, 2.05) is 0 Å². The van der Waals surface area contributed by atoms with Crippen molar-refractivity contribution in [1.82, 2.24) is 9.62 Å². The molecule has 2 rings (SSSR count). The van der Waals surface area contributed by atoms with Crippen molar-refractivity contribution in [2.75, 3.05) is 27.2 Å². The first-order valence-corrected chi connectivity index (χ1v) is 7.88. The van der Waals surface area contributed by atoms with Gasteiger partial charge in [-0.3, -0.25) is 0 Å². The number of para-hydroxylation sites is 1. The van der Waals surface area contributed by atoms with Gasteiger partial charge in [0.25, 0.3) is 0 Å². The molecule has 1 aromatic carbocycles. The second kappa shape index (κ2) is 6.07. The Morgan fingerprint density at radius 2 is 2.15 bits per heavy atom. The Morgan fingerprint density at radius 3 is 2.80 bits per heavy atom. The van der Waals surface area contributed by atoms with Crippen LogP contribution in [-0.4, -0.2) is 52.2 Å². The van der Waals surface area contributed by atoms with E-state index in [2.05, 4.69) is 5.32 Å². The molecule has 0 radical (unpaired) electrons. The quantitative estimate of drug-likeness (QED) is 0.882. The van der Waals surface area contributed by atoms with E-state index in [0.717, 1.165) is 0 Å². The van der Waals surface area contributed by atoms with Crippen molar-refractivity contribution in [1.29, 1.82) is 0 Å². The van der Waals surface area contributed by atoms with Crippen LogP contribution in [0.4, 0.5) is 4.39 Å². The van der Waals surface area contributed by atoms with Gasteiger partial charge in [0.2, 0.25) is 10.0 Å². The molecule has 1 aromatic rings. The Morgan fingerprint density at radius 1 is 1.45 bits per heavy atom. The topological polar surface area (TPSA) is 58.6 Å². The number of benzene rings is 1. The van der Waals surface area contributed by atoms with Gasteiger partial charge in [0.1, 0.15) is 16.8 Å². The number of sulfonamides is 1. The first kappa shape index (κ1) is 15.2. The molecule has 0 saturated carbocycles. The summed E-state index contributed by atoms with van der Waals surface area (Å²) in [5.41, 5.74) is 0. The highest BCUT2D eigenvalue weighted by molar-refractivity contribution is 7.89. The zero-order valence-corrected chi connectivity index (χ0v) is 12.4. The Kier molecular flexibility index (Phi) is 4.62. The van der Waals surface area contributed by atoms with Crippen LogP contribution in [-0.2, 0) is 10.0 Å². The van der Waals surface area contributed by atoms with E-state index in [0.29, 0.717) is 6.54 Å². The van der Waals surface area contributed by atoms with Crippen LogP contribution in [0.3, 0.4) is 0 Å². The molecule has 112 valence electrons. The molecular formula is C13H19FN2O3S. The molecule has 0 aliphatic carbocycles. The lowest BCUT2D eigenvalue weighted by Crippen LogP contribution is -2.40. The normalized spacial score (nSPS) is 23.9. The molecule has 1 aliphatic heterocycles. The molecular weight excluding hydrogens is 283 g/mol. The van der Waals surface area contributed by atoms with Gasteiger partial charge in [-0.15, -0.1) is 0 Å². The van der Waals surface area contributed by atoms with Crippen LogP contribution >= 0.6 is 0 Å². The summed E-state index contributed by atoms with van der Waals surface area (Å²) in [6.07, 6.45) is -0.910. The van der Waals surface area contributed by atoms with Gasteiger partial charge in [-0.2, -0.15) is 4.31 Å². The number of ether oxygens (including phenoxy) is 1. The van der Waals surface area contributed by atoms with Crippen LogP contribution in [0.15, 0.2) is 29.2 Å². The minimum Gasteiger partial charge on any atom is -0.495 e. The van der Waals surface area contributed by atoms with E-state index in [1.165, 1.54) is 17.5 Å². The summed E-state index contributed by atoms with van der Waals surface area (Å²) >= 11 is 0. The third-order valence-corrected chi connectivity index (χ3v) is 5.37. The maximum atomic E-state index is 13.6. The standard InChI is InChI=1S/C13H19FN2O3S/c1-15-8-11-7-10(14)9-16(11)20(17,18)13-6-4-3-5-12(13)19-2/h3-6,10-11,15H,7-9H2,1-2H3/t10-,11-/m0/s1. The van der Waals surface area contributed by atoms with Gasteiger partial charge in [0, 0.05) is 19.1 Å². The molecule has 0 aromatic heterocycles. The van der Waals surface area contributed by atoms with Crippen molar-refractivity contribution in [2.45, 2.75) is 23.5 Å². The highest BCUT2D eigenvalue weighted by Crippen LogP contribution is 2.31. The molecule has 1 fully saturated rings.